The van der Waals surface area contributed by atoms with Crippen LogP contribution in [0.1, 0.15) is 34.1 Å². The molecule has 2 N–H and O–H groups in total. The molecule has 2 rings (SSSR count). The van der Waals surface area contributed by atoms with Gasteiger partial charge in [-0.15, -0.1) is 0 Å². The number of nitro groups is 1. The minimum atomic E-state index is -0.550. The van der Waals surface area contributed by atoms with Crippen molar-refractivity contribution in [3.05, 3.63) is 67.3 Å². The maximum atomic E-state index is 12.4. The Morgan fingerprint density at radius 1 is 1.16 bits per heavy atom. The monoisotopic (exact) mass is 453 g/mol. The highest BCUT2D eigenvalue weighted by Gasteiger charge is 2.16. The molecule has 0 spiro atoms. The molecule has 0 bridgehead atoms. The van der Waals surface area contributed by atoms with Gasteiger partial charge in [-0.25, -0.2) is 0 Å². The molecule has 0 aliphatic heterocycles. The highest BCUT2D eigenvalue weighted by Crippen LogP contribution is 2.21. The Bertz CT molecular complexity index is 823. The van der Waals surface area contributed by atoms with Gasteiger partial charge >= 0.3 is 0 Å². The molecule has 0 unspecified atom stereocenters. The molecule has 2 aromatic rings. The molecule has 7 nitrogen and oxygen atoms in total. The molecule has 0 fully saturated rings. The number of nitrogens with one attached hydrogen (secondary N) is 2. The average molecular weight is 453 g/mol. The minimum Gasteiger partial charge on any atom is -0.352 e. The van der Waals surface area contributed by atoms with Crippen LogP contribution >= 0.6 is 22.6 Å². The fraction of sp³-hybridized carbons (Fsp3) is 0.176. The quantitative estimate of drug-likeness (QED) is 0.397. The van der Waals surface area contributed by atoms with Crippen molar-refractivity contribution in [3.63, 3.8) is 0 Å². The molecule has 0 atom stereocenters. The number of benzene rings is 2. The summed E-state index contributed by atoms with van der Waals surface area (Å²) >= 11 is 1.94. The molecular weight excluding hydrogens is 437 g/mol. The smallest absolute Gasteiger partial charge is 0.270 e. The van der Waals surface area contributed by atoms with Crippen LogP contribution in [0.15, 0.2) is 42.5 Å². The van der Waals surface area contributed by atoms with Gasteiger partial charge in [0.2, 0.25) is 0 Å². The summed E-state index contributed by atoms with van der Waals surface area (Å²) in [7, 11) is 0. The molecule has 0 saturated carbocycles. The predicted octanol–water partition coefficient (Wildman–Crippen LogP) is 3.59. The zero-order valence-corrected chi connectivity index (χ0v) is 15.6. The highest BCUT2D eigenvalue weighted by atomic mass is 127. The van der Waals surface area contributed by atoms with Gasteiger partial charge in [-0.1, -0.05) is 13.0 Å². The van der Waals surface area contributed by atoms with Gasteiger partial charge in [0.05, 0.1) is 10.5 Å². The van der Waals surface area contributed by atoms with E-state index in [2.05, 4.69) is 10.6 Å². The third kappa shape index (κ3) is 4.99. The number of rotatable bonds is 6. The number of anilines is 1. The van der Waals surface area contributed by atoms with Gasteiger partial charge < -0.3 is 10.6 Å². The molecule has 0 heterocycles. The predicted molar refractivity (Wildman–Crippen MR) is 103 cm³/mol. The lowest BCUT2D eigenvalue weighted by Crippen LogP contribution is -2.24. The molecular formula is C17H16IN3O4. The summed E-state index contributed by atoms with van der Waals surface area (Å²) in [5.74, 6) is -0.693. The lowest BCUT2D eigenvalue weighted by molar-refractivity contribution is -0.384. The van der Waals surface area contributed by atoms with Crippen LogP contribution < -0.4 is 10.6 Å². The molecule has 25 heavy (non-hydrogen) atoms. The number of hydrogen-bond donors (Lipinski definition) is 2. The number of carbonyl (C=O) groups excluding carboxylic acids is 2. The fourth-order valence-corrected chi connectivity index (χ4v) is 2.66. The molecule has 2 aromatic carbocycles. The Morgan fingerprint density at radius 3 is 2.60 bits per heavy atom. The van der Waals surface area contributed by atoms with Crippen molar-refractivity contribution in [2.45, 2.75) is 13.3 Å². The topological polar surface area (TPSA) is 101 Å². The zero-order valence-electron chi connectivity index (χ0n) is 13.4. The van der Waals surface area contributed by atoms with E-state index in [1.165, 1.54) is 18.2 Å². The van der Waals surface area contributed by atoms with Crippen molar-refractivity contribution in [1.29, 1.82) is 0 Å². The minimum absolute atomic E-state index is 0.154. The van der Waals surface area contributed by atoms with E-state index in [1.54, 1.807) is 24.3 Å². The van der Waals surface area contributed by atoms with E-state index < -0.39 is 10.8 Å². The van der Waals surface area contributed by atoms with Gasteiger partial charge in [0.1, 0.15) is 0 Å². The van der Waals surface area contributed by atoms with Gasteiger partial charge in [0, 0.05) is 33.5 Å². The fourth-order valence-electron chi connectivity index (χ4n) is 2.08. The first-order valence-electron chi connectivity index (χ1n) is 7.56. The van der Waals surface area contributed by atoms with Crippen molar-refractivity contribution in [3.8, 4) is 0 Å². The second-order valence-corrected chi connectivity index (χ2v) is 6.37. The van der Waals surface area contributed by atoms with Crippen LogP contribution in [0.2, 0.25) is 0 Å². The standard InChI is InChI=1S/C17H16IN3O4/c1-2-8-19-16(22)11-4-3-5-12(9-11)20-17(23)14-10-13(21(24)25)6-7-15(14)18/h3-7,9-10H,2,8H2,1H3,(H,19,22)(H,20,23). The van der Waals surface area contributed by atoms with Crippen LogP contribution in [0.3, 0.4) is 0 Å². The van der Waals surface area contributed by atoms with Gasteiger partial charge in [0.15, 0.2) is 0 Å². The number of non-ortho nitro benzene ring substituents is 1. The second kappa shape index (κ2) is 8.56. The normalized spacial score (nSPS) is 10.2. The summed E-state index contributed by atoms with van der Waals surface area (Å²) in [6, 6.07) is 10.6. The Labute approximate surface area is 158 Å². The van der Waals surface area contributed by atoms with Crippen LogP contribution in [0.5, 0.6) is 0 Å². The van der Waals surface area contributed by atoms with Crippen LogP contribution in [-0.2, 0) is 0 Å². The van der Waals surface area contributed by atoms with Crippen LogP contribution in [0.4, 0.5) is 11.4 Å². The van der Waals surface area contributed by atoms with Crippen molar-refractivity contribution in [2.75, 3.05) is 11.9 Å². The van der Waals surface area contributed by atoms with E-state index in [4.69, 9.17) is 0 Å². The van der Waals surface area contributed by atoms with Gasteiger partial charge in [-0.05, 0) is 53.3 Å². The molecule has 0 aliphatic rings. The Hall–Kier alpha value is -2.49. The Morgan fingerprint density at radius 2 is 1.92 bits per heavy atom. The number of nitro benzene ring substituents is 1. The maximum absolute atomic E-state index is 12.4. The molecule has 130 valence electrons. The van der Waals surface area contributed by atoms with Crippen LogP contribution in [-0.4, -0.2) is 23.3 Å². The number of hydrogen-bond acceptors (Lipinski definition) is 4. The van der Waals surface area contributed by atoms with E-state index in [1.807, 2.05) is 29.5 Å². The lowest BCUT2D eigenvalue weighted by Gasteiger charge is -2.09. The van der Waals surface area contributed by atoms with E-state index in [0.29, 0.717) is 21.4 Å². The van der Waals surface area contributed by atoms with E-state index >= 15 is 0 Å². The van der Waals surface area contributed by atoms with E-state index in [9.17, 15) is 19.7 Å². The number of carbonyl (C=O) groups is 2. The maximum Gasteiger partial charge on any atom is 0.270 e. The first-order valence-corrected chi connectivity index (χ1v) is 8.63. The van der Waals surface area contributed by atoms with Crippen molar-refractivity contribution in [1.82, 2.24) is 5.32 Å². The molecule has 0 aromatic heterocycles. The van der Waals surface area contributed by atoms with Crippen molar-refractivity contribution >= 4 is 45.8 Å². The van der Waals surface area contributed by atoms with Gasteiger partial charge in [-0.2, -0.15) is 0 Å². The summed E-state index contributed by atoms with van der Waals surface area (Å²) in [5, 5.41) is 16.3. The third-order valence-corrected chi connectivity index (χ3v) is 4.26. The van der Waals surface area contributed by atoms with Crippen LogP contribution in [0, 0.1) is 13.7 Å². The largest absolute Gasteiger partial charge is 0.352 e. The summed E-state index contributed by atoms with van der Waals surface area (Å²) in [5.41, 5.74) is 0.922. The summed E-state index contributed by atoms with van der Waals surface area (Å²) in [6.45, 7) is 2.53. The van der Waals surface area contributed by atoms with Crippen LogP contribution in [0.25, 0.3) is 0 Å². The average Bonchev–Trinajstić information content (AvgIpc) is 2.59. The number of halogens is 1. The van der Waals surface area contributed by atoms with Crippen molar-refractivity contribution in [2.24, 2.45) is 0 Å². The Balaban J connectivity index is 2.20. The summed E-state index contributed by atoms with van der Waals surface area (Å²) in [6.07, 6.45) is 0.827. The third-order valence-electron chi connectivity index (χ3n) is 3.32. The van der Waals surface area contributed by atoms with Gasteiger partial charge in [-0.3, -0.25) is 19.7 Å². The SMILES string of the molecule is CCCNC(=O)c1cccc(NC(=O)c2cc([N+](=O)[O-])ccc2I)c1. The first kappa shape index (κ1) is 18.8. The van der Waals surface area contributed by atoms with Gasteiger partial charge in [0.25, 0.3) is 17.5 Å². The highest BCUT2D eigenvalue weighted by molar-refractivity contribution is 14.1. The molecule has 0 saturated heterocycles. The van der Waals surface area contributed by atoms with E-state index in [-0.39, 0.29) is 17.2 Å². The molecule has 2 amide bonds. The number of amides is 2. The summed E-state index contributed by atoms with van der Waals surface area (Å²) < 4.78 is 0.595. The molecule has 8 heteroatoms. The number of nitrogens with zero attached hydrogens (tertiary/aromatic N) is 1. The first-order chi connectivity index (χ1) is 11.9. The van der Waals surface area contributed by atoms with E-state index in [0.717, 1.165) is 6.42 Å². The Kier molecular flexibility index (Phi) is 6.45. The second-order valence-electron chi connectivity index (χ2n) is 5.21. The zero-order chi connectivity index (χ0) is 18.4. The lowest BCUT2D eigenvalue weighted by atomic mass is 10.1. The molecule has 0 radical (unpaired) electrons. The molecule has 0 aliphatic carbocycles. The summed E-state index contributed by atoms with van der Waals surface area (Å²) in [4.78, 5) is 34.7. The van der Waals surface area contributed by atoms with Crippen molar-refractivity contribution < 1.29 is 14.5 Å².